The lowest BCUT2D eigenvalue weighted by molar-refractivity contribution is 0.521. The Morgan fingerprint density at radius 1 is 1.24 bits per heavy atom. The maximum Gasteiger partial charge on any atom is 0.215 e. The molecule has 4 nitrogen and oxygen atoms in total. The summed E-state index contributed by atoms with van der Waals surface area (Å²) in [5.74, 6) is 0.307. The molecule has 0 fully saturated rings. The average Bonchev–Trinajstić information content (AvgIpc) is 2.89. The lowest BCUT2D eigenvalue weighted by atomic mass is 10.2. The Balaban J connectivity index is 1.90. The van der Waals surface area contributed by atoms with Crippen LogP contribution >= 0.6 is 0 Å². The van der Waals surface area contributed by atoms with E-state index in [-0.39, 0.29) is 5.82 Å². The van der Waals surface area contributed by atoms with E-state index in [2.05, 4.69) is 4.98 Å². The Morgan fingerprint density at radius 2 is 2.05 bits per heavy atom. The highest BCUT2D eigenvalue weighted by molar-refractivity contribution is 5.85. The number of para-hydroxylation sites is 1. The minimum atomic E-state index is -0.257. The molecule has 0 bridgehead atoms. The van der Waals surface area contributed by atoms with Crippen LogP contribution in [0.4, 0.5) is 15.8 Å². The van der Waals surface area contributed by atoms with Crippen molar-refractivity contribution >= 4 is 22.5 Å². The van der Waals surface area contributed by atoms with E-state index in [1.54, 1.807) is 12.1 Å². The van der Waals surface area contributed by atoms with Gasteiger partial charge in [0.1, 0.15) is 11.3 Å². The highest BCUT2D eigenvalue weighted by Crippen LogP contribution is 2.23. The van der Waals surface area contributed by atoms with Gasteiger partial charge in [0.25, 0.3) is 0 Å². The van der Waals surface area contributed by atoms with Crippen molar-refractivity contribution in [3.05, 3.63) is 54.2 Å². The number of hydrogen-bond acceptors (Lipinski definition) is 4. The van der Waals surface area contributed by atoms with Gasteiger partial charge in [0.15, 0.2) is 5.58 Å². The van der Waals surface area contributed by atoms with Gasteiger partial charge in [0, 0.05) is 12.2 Å². The van der Waals surface area contributed by atoms with Crippen LogP contribution in [0.25, 0.3) is 11.1 Å². The van der Waals surface area contributed by atoms with Gasteiger partial charge in [-0.1, -0.05) is 12.1 Å². The van der Waals surface area contributed by atoms with Crippen molar-refractivity contribution in [1.29, 1.82) is 0 Å². The zero-order chi connectivity index (χ0) is 14.8. The zero-order valence-electron chi connectivity index (χ0n) is 11.7. The van der Waals surface area contributed by atoms with E-state index in [9.17, 15) is 4.39 Å². The topological polar surface area (TPSA) is 55.3 Å². The van der Waals surface area contributed by atoms with Crippen LogP contribution in [-0.2, 0) is 6.54 Å². The van der Waals surface area contributed by atoms with E-state index in [1.807, 2.05) is 30.0 Å². The molecule has 0 atom stereocenters. The van der Waals surface area contributed by atoms with Gasteiger partial charge in [-0.3, -0.25) is 0 Å². The Bertz CT molecular complexity index is 769. The van der Waals surface area contributed by atoms with Crippen LogP contribution in [0.1, 0.15) is 12.8 Å². The molecule has 0 aliphatic heterocycles. The smallest absolute Gasteiger partial charge is 0.215 e. The lowest BCUT2D eigenvalue weighted by Gasteiger charge is -2.21. The molecule has 0 radical (unpaired) electrons. The molecule has 0 aliphatic carbocycles. The number of aromatic nitrogens is 1. The van der Waals surface area contributed by atoms with E-state index in [0.29, 0.717) is 29.2 Å². The minimum absolute atomic E-state index is 0.257. The average molecular weight is 285 g/mol. The predicted molar refractivity (Wildman–Crippen MR) is 81.5 cm³/mol. The van der Waals surface area contributed by atoms with Gasteiger partial charge in [-0.15, -0.1) is 0 Å². The third kappa shape index (κ3) is 2.67. The van der Waals surface area contributed by atoms with Crippen molar-refractivity contribution in [1.82, 2.24) is 4.98 Å². The number of benzene rings is 2. The Hall–Kier alpha value is -2.56. The second kappa shape index (κ2) is 5.44. The summed E-state index contributed by atoms with van der Waals surface area (Å²) in [5, 5.41) is 0. The van der Waals surface area contributed by atoms with Crippen molar-refractivity contribution in [3.8, 4) is 0 Å². The molecule has 0 amide bonds. The summed E-state index contributed by atoms with van der Waals surface area (Å²) in [6, 6.07) is 11.9. The number of hydrogen-bond donors (Lipinski definition) is 1. The molecular formula is C16H16FN3O. The summed E-state index contributed by atoms with van der Waals surface area (Å²) in [6.07, 6.45) is 0. The number of rotatable bonds is 4. The van der Waals surface area contributed by atoms with Crippen LogP contribution in [-0.4, -0.2) is 11.5 Å². The quantitative estimate of drug-likeness (QED) is 0.744. The van der Waals surface area contributed by atoms with Gasteiger partial charge in [0.2, 0.25) is 5.89 Å². The first-order chi connectivity index (χ1) is 10.2. The molecule has 0 unspecified atom stereocenters. The van der Waals surface area contributed by atoms with Gasteiger partial charge in [0.05, 0.1) is 12.2 Å². The molecule has 5 heteroatoms. The normalized spacial score (nSPS) is 11.0. The third-order valence-electron chi connectivity index (χ3n) is 3.38. The predicted octanol–water partition coefficient (Wildman–Crippen LogP) is 3.58. The number of halogens is 1. The second-order valence-electron chi connectivity index (χ2n) is 4.80. The summed E-state index contributed by atoms with van der Waals surface area (Å²) in [7, 11) is 0. The maximum absolute atomic E-state index is 13.3. The largest absolute Gasteiger partial charge is 0.439 e. The van der Waals surface area contributed by atoms with Crippen LogP contribution in [0.15, 0.2) is 46.9 Å². The van der Waals surface area contributed by atoms with Crippen LogP contribution in [0.5, 0.6) is 0 Å². The standard InChI is InChI=1S/C16H16FN3O/c1-2-20(12-6-3-5-11(17)9-12)10-15-19-16-13(18)7-4-8-14(16)21-15/h3-9H,2,10,18H2,1H3. The number of anilines is 2. The molecule has 3 aromatic rings. The Morgan fingerprint density at radius 3 is 2.76 bits per heavy atom. The van der Waals surface area contributed by atoms with Gasteiger partial charge in [-0.05, 0) is 37.3 Å². The minimum Gasteiger partial charge on any atom is -0.439 e. The molecule has 1 heterocycles. The van der Waals surface area contributed by atoms with Crippen molar-refractivity contribution in [2.45, 2.75) is 13.5 Å². The molecule has 0 spiro atoms. The maximum atomic E-state index is 13.3. The fourth-order valence-corrected chi connectivity index (χ4v) is 2.31. The molecule has 0 aliphatic rings. The summed E-state index contributed by atoms with van der Waals surface area (Å²) in [6.45, 7) is 3.19. The molecule has 0 saturated heterocycles. The van der Waals surface area contributed by atoms with E-state index in [4.69, 9.17) is 10.2 Å². The SMILES string of the molecule is CCN(Cc1nc2c(N)cccc2o1)c1cccc(F)c1. The molecule has 2 N–H and O–H groups in total. The Labute approximate surface area is 122 Å². The number of oxazole rings is 1. The summed E-state index contributed by atoms with van der Waals surface area (Å²) >= 11 is 0. The monoisotopic (exact) mass is 285 g/mol. The van der Waals surface area contributed by atoms with Crippen molar-refractivity contribution in [2.24, 2.45) is 0 Å². The van der Waals surface area contributed by atoms with E-state index in [0.717, 1.165) is 12.2 Å². The molecule has 3 rings (SSSR count). The molecule has 1 aromatic heterocycles. The first-order valence-electron chi connectivity index (χ1n) is 6.82. The van der Waals surface area contributed by atoms with E-state index in [1.165, 1.54) is 12.1 Å². The van der Waals surface area contributed by atoms with E-state index < -0.39 is 0 Å². The van der Waals surface area contributed by atoms with Crippen molar-refractivity contribution < 1.29 is 8.81 Å². The summed E-state index contributed by atoms with van der Waals surface area (Å²) in [5.41, 5.74) is 8.61. The van der Waals surface area contributed by atoms with Gasteiger partial charge in [-0.25, -0.2) is 9.37 Å². The first kappa shape index (κ1) is 13.4. The Kier molecular flexibility index (Phi) is 3.48. The third-order valence-corrected chi connectivity index (χ3v) is 3.38. The summed E-state index contributed by atoms with van der Waals surface area (Å²) in [4.78, 5) is 6.41. The van der Waals surface area contributed by atoms with Crippen LogP contribution in [0.3, 0.4) is 0 Å². The van der Waals surface area contributed by atoms with Gasteiger partial charge < -0.3 is 15.1 Å². The number of nitrogen functional groups attached to an aromatic ring is 1. The van der Waals surface area contributed by atoms with Crippen LogP contribution < -0.4 is 10.6 Å². The highest BCUT2D eigenvalue weighted by atomic mass is 19.1. The van der Waals surface area contributed by atoms with Crippen LogP contribution in [0, 0.1) is 5.82 Å². The molecule has 0 saturated carbocycles. The fourth-order valence-electron chi connectivity index (χ4n) is 2.31. The second-order valence-corrected chi connectivity index (χ2v) is 4.80. The molecular weight excluding hydrogens is 269 g/mol. The molecule has 21 heavy (non-hydrogen) atoms. The lowest BCUT2D eigenvalue weighted by Crippen LogP contribution is -2.22. The van der Waals surface area contributed by atoms with Gasteiger partial charge >= 0.3 is 0 Å². The highest BCUT2D eigenvalue weighted by Gasteiger charge is 2.12. The van der Waals surface area contributed by atoms with E-state index >= 15 is 0 Å². The van der Waals surface area contributed by atoms with Gasteiger partial charge in [-0.2, -0.15) is 0 Å². The molecule has 2 aromatic carbocycles. The molecule has 108 valence electrons. The van der Waals surface area contributed by atoms with Crippen molar-refractivity contribution in [3.63, 3.8) is 0 Å². The fraction of sp³-hybridized carbons (Fsp3) is 0.188. The van der Waals surface area contributed by atoms with Crippen LogP contribution in [0.2, 0.25) is 0 Å². The summed E-state index contributed by atoms with van der Waals surface area (Å²) < 4.78 is 19.0. The first-order valence-corrected chi connectivity index (χ1v) is 6.82. The van der Waals surface area contributed by atoms with Crippen molar-refractivity contribution in [2.75, 3.05) is 17.2 Å². The number of nitrogens with zero attached hydrogens (tertiary/aromatic N) is 2. The number of nitrogens with two attached hydrogens (primary N) is 1. The zero-order valence-corrected chi connectivity index (χ0v) is 11.7. The number of fused-ring (bicyclic) bond motifs is 1.